The van der Waals surface area contributed by atoms with Crippen LogP contribution in [-0.2, 0) is 0 Å². The van der Waals surface area contributed by atoms with E-state index in [2.05, 4.69) is 11.6 Å². The average molecular weight is 279 g/mol. The van der Waals surface area contributed by atoms with Crippen LogP contribution in [0.25, 0.3) is 0 Å². The fraction of sp³-hybridized carbons (Fsp3) is 0.467. The molecule has 19 heavy (non-hydrogen) atoms. The van der Waals surface area contributed by atoms with E-state index in [0.29, 0.717) is 23.3 Å². The molecular formula is C15H19ClN2O. The SMILES string of the molecule is C=CCN(C(=O)c1cc(Cl)nc(C(C)C)c1)C1CC1. The summed E-state index contributed by atoms with van der Waals surface area (Å²) < 4.78 is 0. The van der Waals surface area contributed by atoms with Gasteiger partial charge in [-0.05, 0) is 30.9 Å². The maximum Gasteiger partial charge on any atom is 0.254 e. The second kappa shape index (κ2) is 5.74. The molecular weight excluding hydrogens is 260 g/mol. The van der Waals surface area contributed by atoms with E-state index in [1.165, 1.54) is 0 Å². The largest absolute Gasteiger partial charge is 0.332 e. The van der Waals surface area contributed by atoms with Crippen LogP contribution in [0.5, 0.6) is 0 Å². The zero-order valence-electron chi connectivity index (χ0n) is 11.4. The Balaban J connectivity index is 2.28. The van der Waals surface area contributed by atoms with E-state index in [4.69, 9.17) is 11.6 Å². The lowest BCUT2D eigenvalue weighted by atomic mass is 10.1. The Morgan fingerprint density at radius 2 is 2.26 bits per heavy atom. The molecule has 0 unspecified atom stereocenters. The van der Waals surface area contributed by atoms with E-state index in [1.54, 1.807) is 12.1 Å². The Hall–Kier alpha value is -1.35. The van der Waals surface area contributed by atoms with E-state index >= 15 is 0 Å². The minimum Gasteiger partial charge on any atom is -0.332 e. The molecule has 1 aromatic heterocycles. The number of pyridine rings is 1. The lowest BCUT2D eigenvalue weighted by Gasteiger charge is -2.21. The molecule has 3 nitrogen and oxygen atoms in total. The van der Waals surface area contributed by atoms with E-state index in [-0.39, 0.29) is 11.8 Å². The normalized spacial score (nSPS) is 14.5. The van der Waals surface area contributed by atoms with Gasteiger partial charge in [0.2, 0.25) is 0 Å². The smallest absolute Gasteiger partial charge is 0.254 e. The van der Waals surface area contributed by atoms with Crippen LogP contribution < -0.4 is 0 Å². The van der Waals surface area contributed by atoms with Crippen molar-refractivity contribution in [1.82, 2.24) is 9.88 Å². The van der Waals surface area contributed by atoms with Gasteiger partial charge in [0, 0.05) is 23.8 Å². The van der Waals surface area contributed by atoms with E-state index < -0.39 is 0 Å². The molecule has 1 aromatic rings. The molecule has 102 valence electrons. The van der Waals surface area contributed by atoms with Gasteiger partial charge >= 0.3 is 0 Å². The second-order valence-corrected chi connectivity index (χ2v) is 5.62. The van der Waals surface area contributed by atoms with Crippen LogP contribution in [0.15, 0.2) is 24.8 Å². The lowest BCUT2D eigenvalue weighted by Crippen LogP contribution is -2.33. The lowest BCUT2D eigenvalue weighted by molar-refractivity contribution is 0.0762. The van der Waals surface area contributed by atoms with E-state index in [1.807, 2.05) is 24.8 Å². The third-order valence-corrected chi connectivity index (χ3v) is 3.42. The highest BCUT2D eigenvalue weighted by atomic mass is 35.5. The van der Waals surface area contributed by atoms with Gasteiger partial charge in [0.15, 0.2) is 0 Å². The molecule has 2 rings (SSSR count). The van der Waals surface area contributed by atoms with Crippen LogP contribution in [0, 0.1) is 0 Å². The van der Waals surface area contributed by atoms with Crippen LogP contribution in [0.1, 0.15) is 48.7 Å². The molecule has 0 atom stereocenters. The van der Waals surface area contributed by atoms with Crippen molar-refractivity contribution in [2.24, 2.45) is 0 Å². The van der Waals surface area contributed by atoms with Crippen LogP contribution >= 0.6 is 11.6 Å². The summed E-state index contributed by atoms with van der Waals surface area (Å²) in [4.78, 5) is 18.7. The van der Waals surface area contributed by atoms with Crippen molar-refractivity contribution in [1.29, 1.82) is 0 Å². The molecule has 1 fully saturated rings. The summed E-state index contributed by atoms with van der Waals surface area (Å²) in [5, 5.41) is 0.379. The molecule has 1 amide bonds. The van der Waals surface area contributed by atoms with Crippen LogP contribution in [-0.4, -0.2) is 28.4 Å². The summed E-state index contributed by atoms with van der Waals surface area (Å²) >= 11 is 6.01. The molecule has 0 bridgehead atoms. The predicted octanol–water partition coefficient (Wildman–Crippen LogP) is 3.65. The Labute approximate surface area is 119 Å². The first kappa shape index (κ1) is 14.1. The van der Waals surface area contributed by atoms with Gasteiger partial charge in [0.1, 0.15) is 5.15 Å². The first-order valence-corrected chi connectivity index (χ1v) is 7.00. The molecule has 1 heterocycles. The van der Waals surface area contributed by atoms with Crippen LogP contribution in [0.4, 0.5) is 0 Å². The third kappa shape index (κ3) is 3.35. The molecule has 0 radical (unpaired) electrons. The van der Waals surface area contributed by atoms with Gasteiger partial charge in [0.05, 0.1) is 0 Å². The Bertz CT molecular complexity index is 495. The quantitative estimate of drug-likeness (QED) is 0.608. The summed E-state index contributed by atoms with van der Waals surface area (Å²) in [6.45, 7) is 8.38. The zero-order chi connectivity index (χ0) is 14.0. The van der Waals surface area contributed by atoms with Crippen LogP contribution in [0.3, 0.4) is 0 Å². The molecule has 1 saturated carbocycles. The third-order valence-electron chi connectivity index (χ3n) is 3.23. The maximum absolute atomic E-state index is 12.5. The topological polar surface area (TPSA) is 33.2 Å². The highest BCUT2D eigenvalue weighted by Crippen LogP contribution is 2.29. The van der Waals surface area contributed by atoms with Gasteiger partial charge in [-0.1, -0.05) is 31.5 Å². The van der Waals surface area contributed by atoms with Crippen molar-refractivity contribution in [3.63, 3.8) is 0 Å². The van der Waals surface area contributed by atoms with Gasteiger partial charge in [-0.3, -0.25) is 4.79 Å². The number of carbonyl (C=O) groups excluding carboxylic acids is 1. The number of amides is 1. The van der Waals surface area contributed by atoms with Crippen molar-refractivity contribution in [3.05, 3.63) is 41.2 Å². The van der Waals surface area contributed by atoms with Crippen molar-refractivity contribution in [2.75, 3.05) is 6.54 Å². The zero-order valence-corrected chi connectivity index (χ0v) is 12.2. The first-order chi connectivity index (χ1) is 9.02. The number of aromatic nitrogens is 1. The Morgan fingerprint density at radius 1 is 1.58 bits per heavy atom. The summed E-state index contributed by atoms with van der Waals surface area (Å²) in [6.07, 6.45) is 3.92. The summed E-state index contributed by atoms with van der Waals surface area (Å²) in [5.41, 5.74) is 1.47. The van der Waals surface area contributed by atoms with Crippen LogP contribution in [0.2, 0.25) is 5.15 Å². The monoisotopic (exact) mass is 278 g/mol. The molecule has 0 N–H and O–H groups in total. The summed E-state index contributed by atoms with van der Waals surface area (Å²) in [7, 11) is 0. The highest BCUT2D eigenvalue weighted by Gasteiger charge is 2.32. The molecule has 4 heteroatoms. The number of hydrogen-bond donors (Lipinski definition) is 0. The fourth-order valence-corrected chi connectivity index (χ4v) is 2.24. The van der Waals surface area contributed by atoms with Gasteiger partial charge < -0.3 is 4.90 Å². The Morgan fingerprint density at radius 3 is 2.79 bits per heavy atom. The van der Waals surface area contributed by atoms with E-state index in [0.717, 1.165) is 18.5 Å². The molecule has 1 aliphatic carbocycles. The predicted molar refractivity (Wildman–Crippen MR) is 77.6 cm³/mol. The standard InChI is InChI=1S/C15H19ClN2O/c1-4-7-18(12-5-6-12)15(19)11-8-13(10(2)3)17-14(16)9-11/h4,8-10,12H,1,5-7H2,2-3H3. The second-order valence-electron chi connectivity index (χ2n) is 5.24. The molecule has 0 aliphatic heterocycles. The number of halogens is 1. The number of rotatable bonds is 5. The summed E-state index contributed by atoms with van der Waals surface area (Å²) in [5.74, 6) is 0.271. The number of hydrogen-bond acceptors (Lipinski definition) is 2. The highest BCUT2D eigenvalue weighted by molar-refractivity contribution is 6.29. The Kier molecular flexibility index (Phi) is 4.25. The van der Waals surface area contributed by atoms with Gasteiger partial charge in [-0.25, -0.2) is 4.98 Å². The number of nitrogens with zero attached hydrogens (tertiary/aromatic N) is 2. The average Bonchev–Trinajstić information content (AvgIpc) is 3.18. The fourth-order valence-electron chi connectivity index (χ4n) is 2.03. The van der Waals surface area contributed by atoms with Gasteiger partial charge in [0.25, 0.3) is 5.91 Å². The molecule has 0 aromatic carbocycles. The van der Waals surface area contributed by atoms with Crippen molar-refractivity contribution in [2.45, 2.75) is 38.6 Å². The summed E-state index contributed by atoms with van der Waals surface area (Å²) in [6, 6.07) is 3.85. The van der Waals surface area contributed by atoms with Crippen molar-refractivity contribution >= 4 is 17.5 Å². The molecule has 0 saturated heterocycles. The first-order valence-electron chi connectivity index (χ1n) is 6.62. The number of carbonyl (C=O) groups is 1. The van der Waals surface area contributed by atoms with Crippen molar-refractivity contribution < 1.29 is 4.79 Å². The minimum absolute atomic E-state index is 0.0219. The van der Waals surface area contributed by atoms with Gasteiger partial charge in [-0.2, -0.15) is 0 Å². The maximum atomic E-state index is 12.5. The van der Waals surface area contributed by atoms with E-state index in [9.17, 15) is 4.79 Å². The minimum atomic E-state index is 0.0219. The molecule has 1 aliphatic rings. The van der Waals surface area contributed by atoms with Crippen molar-refractivity contribution in [3.8, 4) is 0 Å². The van der Waals surface area contributed by atoms with Gasteiger partial charge in [-0.15, -0.1) is 6.58 Å². The molecule has 0 spiro atoms.